The Bertz CT molecular complexity index is 300. The topological polar surface area (TPSA) is 49.4 Å². The molecule has 1 aliphatic heterocycles. The maximum Gasteiger partial charge on any atom is 0.222 e. The van der Waals surface area contributed by atoms with Crippen molar-refractivity contribution in [1.82, 2.24) is 10.2 Å². The van der Waals surface area contributed by atoms with Crippen molar-refractivity contribution < 1.29 is 9.59 Å². The lowest BCUT2D eigenvalue weighted by Crippen LogP contribution is -2.46. The van der Waals surface area contributed by atoms with Crippen LogP contribution in [0.3, 0.4) is 0 Å². The van der Waals surface area contributed by atoms with Gasteiger partial charge in [0.2, 0.25) is 11.8 Å². The van der Waals surface area contributed by atoms with Crippen LogP contribution in [0.2, 0.25) is 0 Å². The van der Waals surface area contributed by atoms with E-state index in [-0.39, 0.29) is 29.7 Å². The molecule has 0 saturated carbocycles. The molecule has 1 N–H and O–H groups in total. The normalized spacial score (nSPS) is 22.4. The minimum Gasteiger partial charge on any atom is -0.353 e. The van der Waals surface area contributed by atoms with Crippen molar-refractivity contribution in [3.8, 4) is 0 Å². The third-order valence-corrected chi connectivity index (χ3v) is 3.43. The van der Waals surface area contributed by atoms with Gasteiger partial charge in [-0.15, -0.1) is 0 Å². The highest BCUT2D eigenvalue weighted by Crippen LogP contribution is 2.24. The molecule has 0 spiro atoms. The quantitative estimate of drug-likeness (QED) is 0.804. The minimum absolute atomic E-state index is 0.00826. The van der Waals surface area contributed by atoms with Crippen molar-refractivity contribution in [2.24, 2.45) is 17.8 Å². The molecule has 0 unspecified atom stereocenters. The maximum atomic E-state index is 11.8. The van der Waals surface area contributed by atoms with Gasteiger partial charge >= 0.3 is 0 Å². The fourth-order valence-corrected chi connectivity index (χ4v) is 2.30. The van der Waals surface area contributed by atoms with Crippen LogP contribution in [0.4, 0.5) is 0 Å². The van der Waals surface area contributed by atoms with Crippen molar-refractivity contribution in [2.75, 3.05) is 13.6 Å². The van der Waals surface area contributed by atoms with Crippen LogP contribution >= 0.6 is 0 Å². The maximum absolute atomic E-state index is 11.8. The Morgan fingerprint density at radius 3 is 2.29 bits per heavy atom. The second-order valence-electron chi connectivity index (χ2n) is 5.67. The third-order valence-electron chi connectivity index (χ3n) is 3.43. The largest absolute Gasteiger partial charge is 0.353 e. The summed E-state index contributed by atoms with van der Waals surface area (Å²) in [5.41, 5.74) is 0. The van der Waals surface area contributed by atoms with Crippen LogP contribution in [0.25, 0.3) is 0 Å². The number of nitrogens with one attached hydrogen (secondary N) is 1. The van der Waals surface area contributed by atoms with E-state index in [0.29, 0.717) is 12.3 Å². The summed E-state index contributed by atoms with van der Waals surface area (Å²) in [6.45, 7) is 8.71. The number of nitrogens with zero attached hydrogens (tertiary/aromatic N) is 1. The molecule has 2 amide bonds. The van der Waals surface area contributed by atoms with E-state index in [1.807, 2.05) is 20.9 Å². The van der Waals surface area contributed by atoms with E-state index in [2.05, 4.69) is 19.2 Å². The van der Waals surface area contributed by atoms with Gasteiger partial charge in [0.15, 0.2) is 0 Å². The molecule has 0 radical (unpaired) electrons. The zero-order chi connectivity index (χ0) is 13.2. The van der Waals surface area contributed by atoms with Crippen molar-refractivity contribution in [1.29, 1.82) is 0 Å². The molecule has 1 fully saturated rings. The molecule has 0 bridgehead atoms. The summed E-state index contributed by atoms with van der Waals surface area (Å²) < 4.78 is 0. The van der Waals surface area contributed by atoms with Gasteiger partial charge in [-0.2, -0.15) is 0 Å². The van der Waals surface area contributed by atoms with Gasteiger partial charge in [-0.05, 0) is 5.92 Å². The highest BCUT2D eigenvalue weighted by Gasteiger charge is 2.35. The monoisotopic (exact) mass is 240 g/mol. The van der Waals surface area contributed by atoms with E-state index in [0.717, 1.165) is 6.54 Å². The molecule has 1 heterocycles. The smallest absolute Gasteiger partial charge is 0.222 e. The van der Waals surface area contributed by atoms with Gasteiger partial charge in [-0.1, -0.05) is 27.7 Å². The van der Waals surface area contributed by atoms with E-state index < -0.39 is 0 Å². The zero-order valence-corrected chi connectivity index (χ0v) is 11.5. The average Bonchev–Trinajstić information content (AvgIpc) is 2.54. The van der Waals surface area contributed by atoms with E-state index in [9.17, 15) is 9.59 Å². The Kier molecular flexibility index (Phi) is 4.54. The lowest BCUT2D eigenvalue weighted by atomic mass is 9.89. The number of hydrogen-bond acceptors (Lipinski definition) is 2. The fourth-order valence-electron chi connectivity index (χ4n) is 2.30. The van der Waals surface area contributed by atoms with Gasteiger partial charge < -0.3 is 10.2 Å². The molecule has 4 heteroatoms. The van der Waals surface area contributed by atoms with Crippen molar-refractivity contribution in [3.63, 3.8) is 0 Å². The van der Waals surface area contributed by atoms with Crippen LogP contribution in [0.15, 0.2) is 0 Å². The molecule has 17 heavy (non-hydrogen) atoms. The molecule has 1 aliphatic rings. The van der Waals surface area contributed by atoms with E-state index in [1.165, 1.54) is 0 Å². The Labute approximate surface area is 104 Å². The second-order valence-corrected chi connectivity index (χ2v) is 5.67. The first-order chi connectivity index (χ1) is 7.82. The minimum atomic E-state index is -0.00826. The van der Waals surface area contributed by atoms with Crippen LogP contribution in [0, 0.1) is 17.8 Å². The highest BCUT2D eigenvalue weighted by molar-refractivity contribution is 5.80. The van der Waals surface area contributed by atoms with E-state index in [1.54, 1.807) is 4.90 Å². The van der Waals surface area contributed by atoms with Crippen LogP contribution in [-0.2, 0) is 9.59 Å². The number of amides is 2. The SMILES string of the molecule is CC(C)C(=O)N[C@H](C(C)C)[C@H]1CC(=O)N(C)C1. The van der Waals surface area contributed by atoms with Gasteiger partial charge in [0.25, 0.3) is 0 Å². The van der Waals surface area contributed by atoms with Crippen molar-refractivity contribution in [3.05, 3.63) is 0 Å². The summed E-state index contributed by atoms with van der Waals surface area (Å²) in [5.74, 6) is 0.841. The predicted octanol–water partition coefficient (Wildman–Crippen LogP) is 1.26. The summed E-state index contributed by atoms with van der Waals surface area (Å²) >= 11 is 0. The van der Waals surface area contributed by atoms with Crippen LogP contribution < -0.4 is 5.32 Å². The van der Waals surface area contributed by atoms with Crippen molar-refractivity contribution in [2.45, 2.75) is 40.2 Å². The summed E-state index contributed by atoms with van der Waals surface area (Å²) in [5, 5.41) is 3.08. The second kappa shape index (κ2) is 5.52. The summed E-state index contributed by atoms with van der Waals surface area (Å²) in [6.07, 6.45) is 0.553. The lowest BCUT2D eigenvalue weighted by Gasteiger charge is -2.28. The number of rotatable bonds is 4. The molecule has 2 atom stereocenters. The first kappa shape index (κ1) is 14.0. The molecular formula is C13H24N2O2. The summed E-state index contributed by atoms with van der Waals surface area (Å²) in [4.78, 5) is 25.1. The zero-order valence-electron chi connectivity index (χ0n) is 11.5. The van der Waals surface area contributed by atoms with Gasteiger partial charge in [0.1, 0.15) is 0 Å². The number of carbonyl (C=O) groups excluding carboxylic acids is 2. The Morgan fingerprint density at radius 1 is 1.35 bits per heavy atom. The Morgan fingerprint density at radius 2 is 1.94 bits per heavy atom. The fraction of sp³-hybridized carbons (Fsp3) is 0.846. The van der Waals surface area contributed by atoms with Crippen LogP contribution in [0.1, 0.15) is 34.1 Å². The van der Waals surface area contributed by atoms with Crippen LogP contribution in [0.5, 0.6) is 0 Å². The molecular weight excluding hydrogens is 216 g/mol. The first-order valence-corrected chi connectivity index (χ1v) is 6.37. The molecule has 0 aliphatic carbocycles. The molecule has 0 aromatic carbocycles. The highest BCUT2D eigenvalue weighted by atomic mass is 16.2. The number of carbonyl (C=O) groups is 2. The van der Waals surface area contributed by atoms with E-state index >= 15 is 0 Å². The Balaban J connectivity index is 2.67. The number of hydrogen-bond donors (Lipinski definition) is 1. The van der Waals surface area contributed by atoms with Gasteiger partial charge in [0.05, 0.1) is 0 Å². The van der Waals surface area contributed by atoms with E-state index in [4.69, 9.17) is 0 Å². The molecule has 98 valence electrons. The lowest BCUT2D eigenvalue weighted by molar-refractivity contribution is -0.127. The predicted molar refractivity (Wildman–Crippen MR) is 67.4 cm³/mol. The summed E-state index contributed by atoms with van der Waals surface area (Å²) in [7, 11) is 1.82. The van der Waals surface area contributed by atoms with Gasteiger partial charge in [0, 0.05) is 37.9 Å². The van der Waals surface area contributed by atoms with Crippen molar-refractivity contribution >= 4 is 11.8 Å². The molecule has 0 aromatic rings. The Hall–Kier alpha value is -1.06. The van der Waals surface area contributed by atoms with Gasteiger partial charge in [-0.25, -0.2) is 0 Å². The molecule has 4 nitrogen and oxygen atoms in total. The molecule has 1 rings (SSSR count). The standard InChI is InChI=1S/C13H24N2O2/c1-8(2)12(14-13(17)9(3)4)10-6-11(16)15(5)7-10/h8-10,12H,6-7H2,1-5H3,(H,14,17)/t10-,12+/m0/s1. The number of likely N-dealkylation sites (tertiary alicyclic amines) is 1. The van der Waals surface area contributed by atoms with Crippen LogP contribution in [-0.4, -0.2) is 36.3 Å². The summed E-state index contributed by atoms with van der Waals surface area (Å²) in [6, 6.07) is 0.0961. The van der Waals surface area contributed by atoms with Gasteiger partial charge in [-0.3, -0.25) is 9.59 Å². The third kappa shape index (κ3) is 3.45. The molecule has 1 saturated heterocycles. The average molecular weight is 240 g/mol. The molecule has 0 aromatic heterocycles. The first-order valence-electron chi connectivity index (χ1n) is 6.37.